The third-order valence-corrected chi connectivity index (χ3v) is 3.04. The van der Waals surface area contributed by atoms with Crippen LogP contribution in [0.15, 0.2) is 30.3 Å². The Kier molecular flexibility index (Phi) is 5.59. The van der Waals surface area contributed by atoms with E-state index in [9.17, 15) is 9.18 Å². The maximum atomic E-state index is 12.9. The van der Waals surface area contributed by atoms with Crippen LogP contribution in [-0.2, 0) is 0 Å². The Bertz CT molecular complexity index is 673. The Morgan fingerprint density at radius 1 is 1.22 bits per heavy atom. The minimum absolute atomic E-state index is 0.258. The van der Waals surface area contributed by atoms with Gasteiger partial charge in [-0.3, -0.25) is 4.79 Å². The van der Waals surface area contributed by atoms with Crippen LogP contribution in [0.3, 0.4) is 0 Å². The number of halogens is 1. The molecule has 2 aromatic rings. The SMILES string of the molecule is Cc1nc(NCCN(C)C)cc(C(=O)Nc2ccc(F)cc2)n1. The first kappa shape index (κ1) is 16.8. The summed E-state index contributed by atoms with van der Waals surface area (Å²) in [4.78, 5) is 22.7. The van der Waals surface area contributed by atoms with Crippen molar-refractivity contribution in [3.05, 3.63) is 47.7 Å². The van der Waals surface area contributed by atoms with Gasteiger partial charge in [0.15, 0.2) is 0 Å². The summed E-state index contributed by atoms with van der Waals surface area (Å²) in [5.74, 6) is 0.388. The van der Waals surface area contributed by atoms with Gasteiger partial charge in [0, 0.05) is 24.8 Å². The van der Waals surface area contributed by atoms with Crippen LogP contribution in [0.2, 0.25) is 0 Å². The zero-order valence-electron chi connectivity index (χ0n) is 13.4. The van der Waals surface area contributed by atoms with Crippen LogP contribution in [0.1, 0.15) is 16.3 Å². The Hall–Kier alpha value is -2.54. The topological polar surface area (TPSA) is 70.2 Å². The highest BCUT2D eigenvalue weighted by molar-refractivity contribution is 6.03. The van der Waals surface area contributed by atoms with Crippen LogP contribution < -0.4 is 10.6 Å². The number of aryl methyl sites for hydroxylation is 1. The molecule has 2 N–H and O–H groups in total. The van der Waals surface area contributed by atoms with Crippen molar-refractivity contribution in [1.82, 2.24) is 14.9 Å². The number of nitrogens with zero attached hydrogens (tertiary/aromatic N) is 3. The lowest BCUT2D eigenvalue weighted by molar-refractivity contribution is 0.102. The molecule has 0 fully saturated rings. The molecule has 1 aromatic heterocycles. The number of amides is 1. The van der Waals surface area contributed by atoms with Crippen molar-refractivity contribution < 1.29 is 9.18 Å². The average Bonchev–Trinajstić information content (AvgIpc) is 2.48. The molecule has 1 heterocycles. The van der Waals surface area contributed by atoms with Crippen LogP contribution in [0.25, 0.3) is 0 Å². The lowest BCUT2D eigenvalue weighted by Gasteiger charge is -2.12. The molecule has 1 amide bonds. The third-order valence-electron chi connectivity index (χ3n) is 3.04. The standard InChI is InChI=1S/C16H20FN5O/c1-11-19-14(10-15(20-11)18-8-9-22(2)3)16(23)21-13-6-4-12(17)5-7-13/h4-7,10H,8-9H2,1-3H3,(H,21,23)(H,18,19,20). The molecule has 0 saturated heterocycles. The van der Waals surface area contributed by atoms with Gasteiger partial charge in [0.2, 0.25) is 0 Å². The maximum Gasteiger partial charge on any atom is 0.274 e. The van der Waals surface area contributed by atoms with Crippen molar-refractivity contribution in [3.63, 3.8) is 0 Å². The Balaban J connectivity index is 2.07. The highest BCUT2D eigenvalue weighted by Crippen LogP contribution is 2.12. The number of anilines is 2. The molecule has 23 heavy (non-hydrogen) atoms. The molecule has 0 aliphatic carbocycles. The Labute approximate surface area is 134 Å². The van der Waals surface area contributed by atoms with Gasteiger partial charge in [0.05, 0.1) is 0 Å². The van der Waals surface area contributed by atoms with Gasteiger partial charge in [-0.15, -0.1) is 0 Å². The number of carbonyl (C=O) groups excluding carboxylic acids is 1. The molecule has 0 spiro atoms. The van der Waals surface area contributed by atoms with Crippen molar-refractivity contribution in [1.29, 1.82) is 0 Å². The molecule has 1 aromatic carbocycles. The van der Waals surface area contributed by atoms with Crippen LogP contribution in [0.4, 0.5) is 15.9 Å². The molecule has 122 valence electrons. The second kappa shape index (κ2) is 7.64. The predicted octanol–water partition coefficient (Wildman–Crippen LogP) is 2.15. The molecule has 6 nitrogen and oxygen atoms in total. The fourth-order valence-electron chi connectivity index (χ4n) is 1.91. The van der Waals surface area contributed by atoms with Crippen molar-refractivity contribution in [2.45, 2.75) is 6.92 Å². The van der Waals surface area contributed by atoms with Gasteiger partial charge in [0.1, 0.15) is 23.2 Å². The van der Waals surface area contributed by atoms with E-state index in [1.165, 1.54) is 24.3 Å². The molecule has 0 radical (unpaired) electrons. The fourth-order valence-corrected chi connectivity index (χ4v) is 1.91. The summed E-state index contributed by atoms with van der Waals surface area (Å²) in [7, 11) is 3.96. The average molecular weight is 317 g/mol. The van der Waals surface area contributed by atoms with E-state index in [1.807, 2.05) is 19.0 Å². The highest BCUT2D eigenvalue weighted by atomic mass is 19.1. The minimum atomic E-state index is -0.363. The summed E-state index contributed by atoms with van der Waals surface area (Å²) in [6.45, 7) is 3.29. The van der Waals surface area contributed by atoms with E-state index in [4.69, 9.17) is 0 Å². The van der Waals surface area contributed by atoms with Crippen LogP contribution in [0, 0.1) is 12.7 Å². The lowest BCUT2D eigenvalue weighted by Crippen LogP contribution is -2.22. The summed E-state index contributed by atoms with van der Waals surface area (Å²) >= 11 is 0. The molecule has 0 bridgehead atoms. The molecule has 0 unspecified atom stereocenters. The van der Waals surface area contributed by atoms with E-state index < -0.39 is 0 Å². The van der Waals surface area contributed by atoms with Crippen molar-refractivity contribution in [2.24, 2.45) is 0 Å². The van der Waals surface area contributed by atoms with Crippen LogP contribution >= 0.6 is 0 Å². The summed E-state index contributed by atoms with van der Waals surface area (Å²) in [5, 5.41) is 5.84. The zero-order chi connectivity index (χ0) is 16.8. The quantitative estimate of drug-likeness (QED) is 0.854. The molecular formula is C16H20FN5O. The monoisotopic (exact) mass is 317 g/mol. The number of likely N-dealkylation sites (N-methyl/N-ethyl adjacent to an activating group) is 1. The van der Waals surface area contributed by atoms with Gasteiger partial charge >= 0.3 is 0 Å². The Morgan fingerprint density at radius 3 is 2.57 bits per heavy atom. The maximum absolute atomic E-state index is 12.9. The molecule has 0 aliphatic rings. The molecular weight excluding hydrogens is 297 g/mol. The summed E-state index contributed by atoms with van der Waals surface area (Å²) in [6.07, 6.45) is 0. The van der Waals surface area contributed by atoms with E-state index in [1.54, 1.807) is 13.0 Å². The van der Waals surface area contributed by atoms with Gasteiger partial charge in [-0.05, 0) is 45.3 Å². The molecule has 0 aliphatic heterocycles. The fraction of sp³-hybridized carbons (Fsp3) is 0.312. The van der Waals surface area contributed by atoms with E-state index in [0.29, 0.717) is 23.9 Å². The van der Waals surface area contributed by atoms with E-state index in [-0.39, 0.29) is 17.4 Å². The van der Waals surface area contributed by atoms with E-state index >= 15 is 0 Å². The molecule has 0 saturated carbocycles. The molecule has 2 rings (SSSR count). The van der Waals surface area contributed by atoms with Gasteiger partial charge in [-0.25, -0.2) is 14.4 Å². The Morgan fingerprint density at radius 2 is 1.91 bits per heavy atom. The van der Waals surface area contributed by atoms with Gasteiger partial charge in [-0.2, -0.15) is 0 Å². The number of carbonyl (C=O) groups is 1. The highest BCUT2D eigenvalue weighted by Gasteiger charge is 2.11. The van der Waals surface area contributed by atoms with E-state index in [0.717, 1.165) is 6.54 Å². The summed E-state index contributed by atoms with van der Waals surface area (Å²) in [5.41, 5.74) is 0.768. The first-order valence-corrected chi connectivity index (χ1v) is 7.25. The molecule has 7 heteroatoms. The largest absolute Gasteiger partial charge is 0.369 e. The summed E-state index contributed by atoms with van der Waals surface area (Å²) < 4.78 is 12.9. The minimum Gasteiger partial charge on any atom is -0.369 e. The smallest absolute Gasteiger partial charge is 0.274 e. The van der Waals surface area contributed by atoms with Gasteiger partial charge in [0.25, 0.3) is 5.91 Å². The number of hydrogen-bond donors (Lipinski definition) is 2. The lowest BCUT2D eigenvalue weighted by atomic mass is 10.3. The predicted molar refractivity (Wildman–Crippen MR) is 88.2 cm³/mol. The van der Waals surface area contributed by atoms with Crippen molar-refractivity contribution in [2.75, 3.05) is 37.8 Å². The second-order valence-corrected chi connectivity index (χ2v) is 5.38. The number of hydrogen-bond acceptors (Lipinski definition) is 5. The third kappa shape index (κ3) is 5.30. The van der Waals surface area contributed by atoms with Gasteiger partial charge < -0.3 is 15.5 Å². The van der Waals surface area contributed by atoms with Crippen molar-refractivity contribution >= 4 is 17.4 Å². The van der Waals surface area contributed by atoms with Crippen molar-refractivity contribution in [3.8, 4) is 0 Å². The molecule has 0 atom stereocenters. The number of benzene rings is 1. The van der Waals surface area contributed by atoms with Crippen LogP contribution in [0.5, 0.6) is 0 Å². The second-order valence-electron chi connectivity index (χ2n) is 5.38. The summed E-state index contributed by atoms with van der Waals surface area (Å²) in [6, 6.07) is 7.17. The first-order valence-electron chi connectivity index (χ1n) is 7.25. The van der Waals surface area contributed by atoms with E-state index in [2.05, 4.69) is 20.6 Å². The normalized spacial score (nSPS) is 10.7. The van der Waals surface area contributed by atoms with Gasteiger partial charge in [-0.1, -0.05) is 0 Å². The number of nitrogens with one attached hydrogen (secondary N) is 2. The number of aromatic nitrogens is 2. The van der Waals surface area contributed by atoms with Crippen LogP contribution in [-0.4, -0.2) is 48.0 Å². The first-order chi connectivity index (χ1) is 10.9. The number of rotatable bonds is 6. The zero-order valence-corrected chi connectivity index (χ0v) is 13.4.